The topological polar surface area (TPSA) is 122 Å². The number of Topliss-reactive ketones (excluding diaryl/α,β-unsaturated/α-hetero) is 1. The Morgan fingerprint density at radius 1 is 1.03 bits per heavy atom. The van der Waals surface area contributed by atoms with Gasteiger partial charge in [-0.05, 0) is 35.7 Å². The SMILES string of the molecule is CCCOC(=O)[C@H]1[C@H](C(=O)OCC[Si](C)(C)C)C2CC(=O)[C@H]1c1cc(OCC(N)=O)ccc12. The highest BCUT2D eigenvalue weighted by molar-refractivity contribution is 6.76. The van der Waals surface area contributed by atoms with Gasteiger partial charge in [-0.2, -0.15) is 0 Å². The highest BCUT2D eigenvalue weighted by Crippen LogP contribution is 2.55. The first-order valence-corrected chi connectivity index (χ1v) is 15.1. The van der Waals surface area contributed by atoms with Crippen molar-refractivity contribution in [2.75, 3.05) is 19.8 Å². The summed E-state index contributed by atoms with van der Waals surface area (Å²) in [6, 6.07) is 5.97. The van der Waals surface area contributed by atoms with Crippen LogP contribution in [0, 0.1) is 11.8 Å². The normalized spacial score (nSPS) is 23.6. The maximum Gasteiger partial charge on any atom is 0.310 e. The van der Waals surface area contributed by atoms with Gasteiger partial charge in [0.15, 0.2) is 6.61 Å². The molecule has 4 rings (SSSR count). The molecule has 3 aliphatic rings. The monoisotopic (exact) mass is 475 g/mol. The molecule has 0 radical (unpaired) electrons. The Morgan fingerprint density at radius 3 is 2.33 bits per heavy atom. The van der Waals surface area contributed by atoms with E-state index in [1.807, 2.05) is 6.92 Å². The van der Waals surface area contributed by atoms with Crippen molar-refractivity contribution < 1.29 is 33.4 Å². The van der Waals surface area contributed by atoms with Crippen LogP contribution in [0.15, 0.2) is 18.2 Å². The summed E-state index contributed by atoms with van der Waals surface area (Å²) < 4.78 is 16.5. The molecule has 1 aromatic carbocycles. The smallest absolute Gasteiger partial charge is 0.310 e. The summed E-state index contributed by atoms with van der Waals surface area (Å²) in [5, 5.41) is 0. The molecule has 1 saturated carbocycles. The molecular formula is C24H33NO7Si. The van der Waals surface area contributed by atoms with Crippen molar-refractivity contribution in [2.45, 2.75) is 57.3 Å². The standard InChI is InChI=1S/C24H33NO7Si/c1-5-8-30-24(29)22-20-16-11-14(32-13-19(25)27)6-7-15(16)17(12-18(20)26)21(22)23(28)31-9-10-33(2,3)4/h6-7,11,17,20-22H,5,8-10,12-13H2,1-4H3,(H2,25,27)/t17?,20-,21-,22-/m1/s1. The highest BCUT2D eigenvalue weighted by atomic mass is 28.3. The molecule has 3 aliphatic carbocycles. The predicted octanol–water partition coefficient (Wildman–Crippen LogP) is 2.77. The second-order valence-electron chi connectivity index (χ2n) is 10.00. The third kappa shape index (κ3) is 5.63. The number of ether oxygens (including phenoxy) is 3. The van der Waals surface area contributed by atoms with E-state index in [0.29, 0.717) is 24.3 Å². The fourth-order valence-electron chi connectivity index (χ4n) is 4.65. The van der Waals surface area contributed by atoms with Gasteiger partial charge in [0.1, 0.15) is 11.5 Å². The Bertz CT molecular complexity index is 939. The fraction of sp³-hybridized carbons (Fsp3) is 0.583. The first-order valence-electron chi connectivity index (χ1n) is 11.4. The van der Waals surface area contributed by atoms with E-state index >= 15 is 0 Å². The molecule has 1 aromatic rings. The van der Waals surface area contributed by atoms with Crippen molar-refractivity contribution in [1.82, 2.24) is 0 Å². The van der Waals surface area contributed by atoms with Gasteiger partial charge in [0.05, 0.1) is 31.0 Å². The van der Waals surface area contributed by atoms with E-state index in [9.17, 15) is 19.2 Å². The van der Waals surface area contributed by atoms with Gasteiger partial charge in [-0.15, -0.1) is 0 Å². The van der Waals surface area contributed by atoms with Gasteiger partial charge >= 0.3 is 11.9 Å². The number of hydrogen-bond acceptors (Lipinski definition) is 7. The van der Waals surface area contributed by atoms with Crippen molar-refractivity contribution in [1.29, 1.82) is 0 Å². The van der Waals surface area contributed by atoms with Gasteiger partial charge in [0.25, 0.3) is 5.91 Å². The minimum absolute atomic E-state index is 0.107. The number of benzene rings is 1. The van der Waals surface area contributed by atoms with Gasteiger partial charge in [-0.1, -0.05) is 32.6 Å². The number of fused-ring (bicyclic) bond motifs is 2. The molecular weight excluding hydrogens is 442 g/mol. The predicted molar refractivity (Wildman–Crippen MR) is 124 cm³/mol. The molecule has 2 bridgehead atoms. The number of esters is 2. The molecule has 33 heavy (non-hydrogen) atoms. The first-order chi connectivity index (χ1) is 15.5. The lowest BCUT2D eigenvalue weighted by atomic mass is 9.55. The summed E-state index contributed by atoms with van der Waals surface area (Å²) in [4.78, 5) is 50.4. The first kappa shape index (κ1) is 24.9. The number of hydrogen-bond donors (Lipinski definition) is 1. The second kappa shape index (κ2) is 10.1. The van der Waals surface area contributed by atoms with E-state index in [0.717, 1.165) is 11.6 Å². The molecule has 1 unspecified atom stereocenters. The quantitative estimate of drug-likeness (QED) is 0.408. The number of ketones is 1. The molecule has 1 fully saturated rings. The molecule has 180 valence electrons. The van der Waals surface area contributed by atoms with E-state index in [1.54, 1.807) is 18.2 Å². The number of carbonyl (C=O) groups is 4. The Balaban J connectivity index is 1.95. The Hall–Kier alpha value is -2.68. The average molecular weight is 476 g/mol. The van der Waals surface area contributed by atoms with Crippen molar-refractivity contribution >= 4 is 31.7 Å². The maximum atomic E-state index is 13.2. The largest absolute Gasteiger partial charge is 0.484 e. The zero-order chi connectivity index (χ0) is 24.3. The van der Waals surface area contributed by atoms with Crippen LogP contribution in [0.3, 0.4) is 0 Å². The molecule has 2 N–H and O–H groups in total. The van der Waals surface area contributed by atoms with Crippen molar-refractivity contribution in [3.05, 3.63) is 29.3 Å². The van der Waals surface area contributed by atoms with Crippen LogP contribution in [-0.4, -0.2) is 51.5 Å². The van der Waals surface area contributed by atoms with Gasteiger partial charge < -0.3 is 19.9 Å². The molecule has 4 atom stereocenters. The molecule has 0 spiro atoms. The number of rotatable bonds is 10. The molecule has 9 heteroatoms. The van der Waals surface area contributed by atoms with Crippen LogP contribution in [0.25, 0.3) is 0 Å². The van der Waals surface area contributed by atoms with E-state index in [-0.39, 0.29) is 25.4 Å². The van der Waals surface area contributed by atoms with Gasteiger partial charge in [-0.3, -0.25) is 19.2 Å². The maximum absolute atomic E-state index is 13.2. The summed E-state index contributed by atoms with van der Waals surface area (Å²) in [5.74, 6) is -4.36. The number of amides is 1. The fourth-order valence-corrected chi connectivity index (χ4v) is 5.36. The Labute approximate surface area is 195 Å². The van der Waals surface area contributed by atoms with Crippen LogP contribution >= 0.6 is 0 Å². The number of carbonyl (C=O) groups excluding carboxylic acids is 4. The summed E-state index contributed by atoms with van der Waals surface area (Å²) in [6.07, 6.45) is 0.804. The molecule has 1 amide bonds. The lowest BCUT2D eigenvalue weighted by Gasteiger charge is -2.46. The third-order valence-corrected chi connectivity index (χ3v) is 7.91. The number of nitrogens with two attached hydrogens (primary N) is 1. The average Bonchev–Trinajstić information content (AvgIpc) is 2.74. The van der Waals surface area contributed by atoms with Crippen LogP contribution < -0.4 is 10.5 Å². The van der Waals surface area contributed by atoms with Crippen molar-refractivity contribution in [3.63, 3.8) is 0 Å². The molecule has 8 nitrogen and oxygen atoms in total. The lowest BCUT2D eigenvalue weighted by Crippen LogP contribution is -2.50. The van der Waals surface area contributed by atoms with Crippen molar-refractivity contribution in [3.8, 4) is 5.75 Å². The minimum atomic E-state index is -1.41. The van der Waals surface area contributed by atoms with E-state index in [2.05, 4.69) is 19.6 Å². The highest BCUT2D eigenvalue weighted by Gasteiger charge is 2.57. The summed E-state index contributed by atoms with van der Waals surface area (Å²) in [7, 11) is -1.41. The van der Waals surface area contributed by atoms with Gasteiger partial charge in [0.2, 0.25) is 0 Å². The second-order valence-corrected chi connectivity index (χ2v) is 15.6. The van der Waals surface area contributed by atoms with E-state index in [1.165, 1.54) is 0 Å². The minimum Gasteiger partial charge on any atom is -0.484 e. The van der Waals surface area contributed by atoms with Crippen LogP contribution in [-0.2, 0) is 28.7 Å². The lowest BCUT2D eigenvalue weighted by molar-refractivity contribution is -0.167. The van der Waals surface area contributed by atoms with Crippen LogP contribution in [0.4, 0.5) is 0 Å². The molecule has 0 aromatic heterocycles. The van der Waals surface area contributed by atoms with Crippen LogP contribution in [0.2, 0.25) is 25.7 Å². The molecule has 0 heterocycles. The van der Waals surface area contributed by atoms with Crippen LogP contribution in [0.1, 0.15) is 42.7 Å². The van der Waals surface area contributed by atoms with Crippen LogP contribution in [0.5, 0.6) is 5.75 Å². The number of primary amides is 1. The molecule has 0 saturated heterocycles. The zero-order valence-electron chi connectivity index (χ0n) is 19.7. The Kier molecular flexibility index (Phi) is 7.61. The van der Waals surface area contributed by atoms with Gasteiger partial charge in [-0.25, -0.2) is 0 Å². The van der Waals surface area contributed by atoms with Gasteiger partial charge in [0, 0.05) is 20.4 Å². The van der Waals surface area contributed by atoms with E-state index < -0.39 is 49.6 Å². The Morgan fingerprint density at radius 2 is 1.70 bits per heavy atom. The summed E-state index contributed by atoms with van der Waals surface area (Å²) in [5.41, 5.74) is 6.63. The van der Waals surface area contributed by atoms with Crippen molar-refractivity contribution in [2.24, 2.45) is 17.6 Å². The third-order valence-electron chi connectivity index (χ3n) is 6.21. The summed E-state index contributed by atoms with van der Waals surface area (Å²) >= 11 is 0. The van der Waals surface area contributed by atoms with E-state index in [4.69, 9.17) is 19.9 Å². The zero-order valence-corrected chi connectivity index (χ0v) is 20.7. The molecule has 0 aliphatic heterocycles. The summed E-state index contributed by atoms with van der Waals surface area (Å²) in [6.45, 7) is 8.69.